The van der Waals surface area contributed by atoms with Crippen LogP contribution in [0.2, 0.25) is 0 Å². The zero-order valence-electron chi connectivity index (χ0n) is 9.78. The molecule has 0 aromatic carbocycles. The van der Waals surface area contributed by atoms with Crippen molar-refractivity contribution in [2.45, 2.75) is 13.0 Å². The van der Waals surface area contributed by atoms with E-state index in [0.717, 1.165) is 12.0 Å². The van der Waals surface area contributed by atoms with E-state index in [1.54, 1.807) is 18.6 Å². The van der Waals surface area contributed by atoms with Crippen molar-refractivity contribution < 1.29 is 14.0 Å². The van der Waals surface area contributed by atoms with Gasteiger partial charge in [-0.15, -0.1) is 0 Å². The summed E-state index contributed by atoms with van der Waals surface area (Å²) in [6.07, 6.45) is 8.34. The number of hydrogen-bond acceptors (Lipinski definition) is 3. The fraction of sp³-hybridized carbons (Fsp3) is 0.429. The molecule has 4 atom stereocenters. The molecule has 2 heterocycles. The number of amides is 2. The highest BCUT2D eigenvalue weighted by molar-refractivity contribution is 6.06. The number of hydrogen-bond donors (Lipinski definition) is 0. The first kappa shape index (κ1) is 10.1. The molecule has 2 aliphatic carbocycles. The first-order valence-electron chi connectivity index (χ1n) is 6.30. The smallest absolute Gasteiger partial charge is 0.234 e. The second-order valence-electron chi connectivity index (χ2n) is 5.39. The van der Waals surface area contributed by atoms with Gasteiger partial charge in [0.1, 0.15) is 0 Å². The fourth-order valence-electron chi connectivity index (χ4n) is 3.69. The maximum absolute atomic E-state index is 12.4. The SMILES string of the molecule is O=C1C2C3C=CC(C3)C2C(=O)N1Cc1ccoc1. The fourth-order valence-corrected chi connectivity index (χ4v) is 3.69. The van der Waals surface area contributed by atoms with Gasteiger partial charge in [0.25, 0.3) is 0 Å². The van der Waals surface area contributed by atoms with E-state index in [1.807, 2.05) is 0 Å². The van der Waals surface area contributed by atoms with Crippen LogP contribution in [0.1, 0.15) is 12.0 Å². The monoisotopic (exact) mass is 243 g/mol. The van der Waals surface area contributed by atoms with Gasteiger partial charge >= 0.3 is 0 Å². The molecule has 2 fully saturated rings. The molecule has 4 unspecified atom stereocenters. The van der Waals surface area contributed by atoms with E-state index in [4.69, 9.17) is 4.42 Å². The third kappa shape index (κ3) is 1.15. The first-order valence-corrected chi connectivity index (χ1v) is 6.30. The molecule has 92 valence electrons. The van der Waals surface area contributed by atoms with Gasteiger partial charge in [0.2, 0.25) is 11.8 Å². The van der Waals surface area contributed by atoms with Gasteiger partial charge in [-0.05, 0) is 24.3 Å². The molecule has 4 nitrogen and oxygen atoms in total. The van der Waals surface area contributed by atoms with Crippen molar-refractivity contribution in [2.24, 2.45) is 23.7 Å². The van der Waals surface area contributed by atoms with Crippen LogP contribution in [0.4, 0.5) is 0 Å². The summed E-state index contributed by atoms with van der Waals surface area (Å²) in [7, 11) is 0. The van der Waals surface area contributed by atoms with Gasteiger partial charge in [-0.2, -0.15) is 0 Å². The normalized spacial score (nSPS) is 36.8. The molecule has 1 aliphatic heterocycles. The number of fused-ring (bicyclic) bond motifs is 5. The first-order chi connectivity index (χ1) is 8.75. The summed E-state index contributed by atoms with van der Waals surface area (Å²) < 4.78 is 4.98. The van der Waals surface area contributed by atoms with Crippen LogP contribution in [-0.4, -0.2) is 16.7 Å². The Hall–Kier alpha value is -1.84. The van der Waals surface area contributed by atoms with Crippen LogP contribution in [0.3, 0.4) is 0 Å². The van der Waals surface area contributed by atoms with Crippen molar-refractivity contribution in [1.29, 1.82) is 0 Å². The maximum atomic E-state index is 12.4. The summed E-state index contributed by atoms with van der Waals surface area (Å²) in [5, 5.41) is 0. The zero-order chi connectivity index (χ0) is 12.3. The summed E-state index contributed by atoms with van der Waals surface area (Å²) in [5.41, 5.74) is 0.872. The van der Waals surface area contributed by atoms with Crippen molar-refractivity contribution in [3.05, 3.63) is 36.3 Å². The second kappa shape index (κ2) is 3.34. The molecule has 1 saturated heterocycles. The lowest BCUT2D eigenvalue weighted by molar-refractivity contribution is -0.141. The quantitative estimate of drug-likeness (QED) is 0.585. The van der Waals surface area contributed by atoms with E-state index in [2.05, 4.69) is 12.2 Å². The van der Waals surface area contributed by atoms with Gasteiger partial charge in [0, 0.05) is 5.56 Å². The number of carbonyl (C=O) groups excluding carboxylic acids is 2. The van der Waals surface area contributed by atoms with E-state index in [-0.39, 0.29) is 35.5 Å². The van der Waals surface area contributed by atoms with Crippen LogP contribution < -0.4 is 0 Å². The van der Waals surface area contributed by atoms with Gasteiger partial charge in [-0.25, -0.2) is 0 Å². The van der Waals surface area contributed by atoms with E-state index >= 15 is 0 Å². The lowest BCUT2D eigenvalue weighted by Crippen LogP contribution is -2.32. The average molecular weight is 243 g/mol. The van der Waals surface area contributed by atoms with Gasteiger partial charge in [-0.1, -0.05) is 12.2 Å². The van der Waals surface area contributed by atoms with Crippen LogP contribution in [0.25, 0.3) is 0 Å². The predicted molar refractivity (Wildman–Crippen MR) is 62.0 cm³/mol. The van der Waals surface area contributed by atoms with E-state index in [0.29, 0.717) is 6.54 Å². The molecular formula is C14H13NO3. The predicted octanol–water partition coefficient (Wildman–Crippen LogP) is 1.59. The number of imide groups is 1. The van der Waals surface area contributed by atoms with Crippen LogP contribution in [-0.2, 0) is 16.1 Å². The van der Waals surface area contributed by atoms with Gasteiger partial charge in [0.05, 0.1) is 30.9 Å². The Morgan fingerprint density at radius 1 is 1.17 bits per heavy atom. The van der Waals surface area contributed by atoms with Crippen molar-refractivity contribution in [3.8, 4) is 0 Å². The lowest BCUT2D eigenvalue weighted by Gasteiger charge is -2.15. The number of likely N-dealkylation sites (tertiary alicyclic amines) is 1. The average Bonchev–Trinajstić information content (AvgIpc) is 3.10. The molecule has 1 saturated carbocycles. The minimum absolute atomic E-state index is 0.00282. The highest BCUT2D eigenvalue weighted by Crippen LogP contribution is 2.52. The number of furan rings is 1. The molecule has 0 spiro atoms. The van der Waals surface area contributed by atoms with Crippen LogP contribution in [0.15, 0.2) is 35.2 Å². The molecular weight excluding hydrogens is 230 g/mol. The molecule has 0 radical (unpaired) electrons. The molecule has 4 rings (SSSR count). The van der Waals surface area contributed by atoms with Crippen LogP contribution in [0.5, 0.6) is 0 Å². The molecule has 18 heavy (non-hydrogen) atoms. The Morgan fingerprint density at radius 3 is 2.39 bits per heavy atom. The van der Waals surface area contributed by atoms with Crippen LogP contribution in [0, 0.1) is 23.7 Å². The van der Waals surface area contributed by atoms with Crippen molar-refractivity contribution in [1.82, 2.24) is 4.90 Å². The lowest BCUT2D eigenvalue weighted by atomic mass is 9.85. The number of rotatable bonds is 2. The summed E-state index contributed by atoms with van der Waals surface area (Å²) in [5.74, 6) is 0.376. The standard InChI is InChI=1S/C14H13NO3/c16-13-11-9-1-2-10(5-9)12(11)14(17)15(13)6-8-3-4-18-7-8/h1-4,7,9-12H,5-6H2. The van der Waals surface area contributed by atoms with E-state index in [9.17, 15) is 9.59 Å². The largest absolute Gasteiger partial charge is 0.472 e. The van der Waals surface area contributed by atoms with Crippen molar-refractivity contribution in [2.75, 3.05) is 0 Å². The summed E-state index contributed by atoms with van der Waals surface area (Å²) in [6.45, 7) is 0.348. The third-order valence-corrected chi connectivity index (χ3v) is 4.48. The Labute approximate surface area is 104 Å². The Morgan fingerprint density at radius 2 is 1.83 bits per heavy atom. The topological polar surface area (TPSA) is 50.5 Å². The third-order valence-electron chi connectivity index (χ3n) is 4.48. The molecule has 2 amide bonds. The molecule has 3 aliphatic rings. The molecule has 4 heteroatoms. The Bertz CT molecular complexity index is 515. The molecule has 2 bridgehead atoms. The Kier molecular flexibility index (Phi) is 1.88. The molecule has 1 aromatic heterocycles. The highest BCUT2D eigenvalue weighted by atomic mass is 16.3. The number of allylic oxidation sites excluding steroid dienone is 2. The second-order valence-corrected chi connectivity index (χ2v) is 5.39. The zero-order valence-corrected chi connectivity index (χ0v) is 9.78. The van der Waals surface area contributed by atoms with Gasteiger partial charge in [0.15, 0.2) is 0 Å². The van der Waals surface area contributed by atoms with Crippen molar-refractivity contribution in [3.63, 3.8) is 0 Å². The summed E-state index contributed by atoms with van der Waals surface area (Å²) >= 11 is 0. The van der Waals surface area contributed by atoms with E-state index < -0.39 is 0 Å². The van der Waals surface area contributed by atoms with Crippen LogP contribution >= 0.6 is 0 Å². The van der Waals surface area contributed by atoms with Crippen molar-refractivity contribution >= 4 is 11.8 Å². The maximum Gasteiger partial charge on any atom is 0.234 e. The molecule has 1 aromatic rings. The van der Waals surface area contributed by atoms with E-state index in [1.165, 1.54) is 4.90 Å². The number of nitrogens with zero attached hydrogens (tertiary/aromatic N) is 1. The molecule has 0 N–H and O–H groups in total. The minimum Gasteiger partial charge on any atom is -0.472 e. The highest BCUT2D eigenvalue weighted by Gasteiger charge is 2.59. The van der Waals surface area contributed by atoms with Gasteiger partial charge in [-0.3, -0.25) is 14.5 Å². The number of carbonyl (C=O) groups is 2. The summed E-state index contributed by atoms with van der Waals surface area (Å²) in [4.78, 5) is 26.1. The Balaban J connectivity index is 1.64. The minimum atomic E-state index is -0.0978. The summed E-state index contributed by atoms with van der Waals surface area (Å²) in [6, 6.07) is 1.79. The van der Waals surface area contributed by atoms with Gasteiger partial charge < -0.3 is 4.42 Å².